The highest BCUT2D eigenvalue weighted by Gasteiger charge is 2.17. The summed E-state index contributed by atoms with van der Waals surface area (Å²) in [6.07, 6.45) is 2.87. The summed E-state index contributed by atoms with van der Waals surface area (Å²) in [6.45, 7) is 2.11. The molecule has 0 saturated carbocycles. The van der Waals surface area contributed by atoms with Crippen molar-refractivity contribution in [3.05, 3.63) is 76.8 Å². The van der Waals surface area contributed by atoms with Crippen LogP contribution in [0, 0.1) is 6.92 Å². The lowest BCUT2D eigenvalue weighted by molar-refractivity contribution is -0.133. The minimum atomic E-state index is -0.504. The van der Waals surface area contributed by atoms with Crippen molar-refractivity contribution >= 4 is 23.1 Å². The van der Waals surface area contributed by atoms with Crippen molar-refractivity contribution < 1.29 is 19.0 Å². The van der Waals surface area contributed by atoms with Crippen molar-refractivity contribution in [3.63, 3.8) is 0 Å². The van der Waals surface area contributed by atoms with E-state index in [1.807, 2.05) is 43.3 Å². The number of rotatable bonds is 7. The highest BCUT2D eigenvalue weighted by atomic mass is 35.5. The molecule has 2 aromatic carbocycles. The van der Waals surface area contributed by atoms with E-state index >= 15 is 0 Å². The summed E-state index contributed by atoms with van der Waals surface area (Å²) < 4.78 is 17.2. The molecule has 1 heterocycles. The van der Waals surface area contributed by atoms with Crippen molar-refractivity contribution in [3.8, 4) is 11.7 Å². The number of carbonyl (C=O) groups excluding carboxylic acids is 1. The molecule has 0 N–H and O–H groups in total. The number of nitrogens with zero attached hydrogens (tertiary/aromatic N) is 3. The average Bonchev–Trinajstić information content (AvgIpc) is 3.19. The van der Waals surface area contributed by atoms with Gasteiger partial charge in [-0.1, -0.05) is 41.9 Å². The maximum Gasteiger partial charge on any atom is 0.341 e. The first-order valence-corrected chi connectivity index (χ1v) is 9.12. The zero-order valence-electron chi connectivity index (χ0n) is 16.3. The topological polar surface area (TPSA) is 75.5 Å². The quantitative estimate of drug-likeness (QED) is 0.331. The van der Waals surface area contributed by atoms with Gasteiger partial charge in [-0.25, -0.2) is 9.48 Å². The normalized spacial score (nSPS) is 11.2. The molecule has 0 aliphatic carbocycles. The maximum absolute atomic E-state index is 12.1. The first-order chi connectivity index (χ1) is 14.0. The van der Waals surface area contributed by atoms with Crippen molar-refractivity contribution in [1.29, 1.82) is 0 Å². The molecule has 8 heteroatoms. The Bertz CT molecular complexity index is 1050. The third-order valence-electron chi connectivity index (χ3n) is 4.13. The fourth-order valence-electron chi connectivity index (χ4n) is 2.73. The van der Waals surface area contributed by atoms with Gasteiger partial charge >= 0.3 is 12.0 Å². The minimum Gasteiger partial charge on any atom is -0.503 e. The van der Waals surface area contributed by atoms with Gasteiger partial charge in [0, 0.05) is 0 Å². The molecule has 0 fully saturated rings. The summed E-state index contributed by atoms with van der Waals surface area (Å²) in [4.78, 5) is 16.3. The van der Waals surface area contributed by atoms with Crippen molar-refractivity contribution in [2.24, 2.45) is 0 Å². The Balaban J connectivity index is 1.80. The van der Waals surface area contributed by atoms with Gasteiger partial charge in [0.2, 0.25) is 0 Å². The second kappa shape index (κ2) is 9.25. The first kappa shape index (κ1) is 20.4. The molecule has 7 nitrogen and oxygen atoms in total. The van der Waals surface area contributed by atoms with Crippen LogP contribution in [0.4, 0.5) is 0 Å². The predicted octanol–water partition coefficient (Wildman–Crippen LogP) is 3.97. The Labute approximate surface area is 173 Å². The smallest absolute Gasteiger partial charge is 0.341 e. The molecule has 0 radical (unpaired) electrons. The molecule has 0 aliphatic rings. The third-order valence-corrected chi connectivity index (χ3v) is 4.43. The van der Waals surface area contributed by atoms with Crippen LogP contribution in [0.25, 0.3) is 11.3 Å². The molecule has 3 aromatic rings. The zero-order chi connectivity index (χ0) is 20.8. The monoisotopic (exact) mass is 413 g/mol. The van der Waals surface area contributed by atoms with E-state index in [0.717, 1.165) is 11.1 Å². The van der Waals surface area contributed by atoms with Gasteiger partial charge in [0.05, 0.1) is 31.2 Å². The third kappa shape index (κ3) is 4.75. The molecule has 29 heavy (non-hydrogen) atoms. The number of methoxy groups -OCH3 is 2. The second-order valence-corrected chi connectivity index (χ2v) is 6.54. The van der Waals surface area contributed by atoms with Crippen LogP contribution in [0.15, 0.2) is 55.1 Å². The average molecular weight is 414 g/mol. The number of esters is 1. The lowest BCUT2D eigenvalue weighted by Crippen LogP contribution is -2.08. The zero-order valence-corrected chi connectivity index (χ0v) is 17.0. The van der Waals surface area contributed by atoms with E-state index in [1.165, 1.54) is 26.8 Å². The maximum atomic E-state index is 12.1. The Hall–Kier alpha value is -3.32. The number of benzene rings is 2. The van der Waals surface area contributed by atoms with E-state index in [2.05, 4.69) is 10.1 Å². The Kier molecular flexibility index (Phi) is 6.51. The van der Waals surface area contributed by atoms with Gasteiger partial charge in [-0.2, -0.15) is 4.98 Å². The van der Waals surface area contributed by atoms with Crippen LogP contribution < -0.4 is 4.74 Å². The molecule has 0 saturated heterocycles. The standard InChI is InChI=1S/C21H20ClN3O4/c1-14-8-9-19(18(22)10-14)25-13-23-21(24-25)29-11-15-6-4-5-7-16(15)17(12-27-2)20(26)28-3/h4-10,12-13H,11H2,1-3H3/b17-12+. The highest BCUT2D eigenvalue weighted by molar-refractivity contribution is 6.32. The van der Waals surface area contributed by atoms with Gasteiger partial charge in [-0.3, -0.25) is 0 Å². The van der Waals surface area contributed by atoms with Crippen molar-refractivity contribution in [2.75, 3.05) is 14.2 Å². The fraction of sp³-hybridized carbons (Fsp3) is 0.190. The first-order valence-electron chi connectivity index (χ1n) is 8.74. The van der Waals surface area contributed by atoms with Gasteiger partial charge in [-0.05, 0) is 35.7 Å². The van der Waals surface area contributed by atoms with Gasteiger partial charge in [0.1, 0.15) is 18.5 Å². The van der Waals surface area contributed by atoms with Crippen LogP contribution in [0.3, 0.4) is 0 Å². The van der Waals surface area contributed by atoms with Gasteiger partial charge in [0.25, 0.3) is 0 Å². The molecular weight excluding hydrogens is 394 g/mol. The lowest BCUT2D eigenvalue weighted by Gasteiger charge is -2.11. The number of hydrogen-bond donors (Lipinski definition) is 0. The molecule has 0 aliphatic heterocycles. The molecule has 0 amide bonds. The van der Waals surface area contributed by atoms with Crippen LogP contribution in [0.5, 0.6) is 6.01 Å². The molecule has 0 atom stereocenters. The lowest BCUT2D eigenvalue weighted by atomic mass is 10.0. The van der Waals surface area contributed by atoms with E-state index in [-0.39, 0.29) is 12.6 Å². The van der Waals surface area contributed by atoms with E-state index in [4.69, 9.17) is 25.8 Å². The summed E-state index contributed by atoms with van der Waals surface area (Å²) in [5, 5.41) is 4.88. The second-order valence-electron chi connectivity index (χ2n) is 6.13. The largest absolute Gasteiger partial charge is 0.503 e. The molecule has 150 valence electrons. The van der Waals surface area contributed by atoms with Gasteiger partial charge in [0.15, 0.2) is 0 Å². The van der Waals surface area contributed by atoms with Gasteiger partial charge < -0.3 is 14.2 Å². The highest BCUT2D eigenvalue weighted by Crippen LogP contribution is 2.23. The van der Waals surface area contributed by atoms with Crippen molar-refractivity contribution in [1.82, 2.24) is 14.8 Å². The van der Waals surface area contributed by atoms with Crippen LogP contribution in [0.2, 0.25) is 5.02 Å². The summed E-state index contributed by atoms with van der Waals surface area (Å²) in [7, 11) is 2.78. The summed E-state index contributed by atoms with van der Waals surface area (Å²) in [5.74, 6) is -0.504. The Morgan fingerprint density at radius 1 is 1.21 bits per heavy atom. The number of aromatic nitrogens is 3. The molecular formula is C21H20ClN3O4. The molecule has 0 unspecified atom stereocenters. The summed E-state index contributed by atoms with van der Waals surface area (Å²) in [5.41, 5.74) is 3.45. The number of carbonyl (C=O) groups is 1. The van der Waals surface area contributed by atoms with E-state index in [1.54, 1.807) is 10.7 Å². The molecule has 0 spiro atoms. The van der Waals surface area contributed by atoms with Gasteiger partial charge in [-0.15, -0.1) is 5.10 Å². The fourth-order valence-corrected chi connectivity index (χ4v) is 3.05. The number of hydrogen-bond acceptors (Lipinski definition) is 6. The van der Waals surface area contributed by atoms with Crippen molar-refractivity contribution in [2.45, 2.75) is 13.5 Å². The SMILES string of the molecule is CO/C=C(/C(=O)OC)c1ccccc1COc1ncn(-c2ccc(C)cc2Cl)n1. The van der Waals surface area contributed by atoms with E-state index < -0.39 is 5.97 Å². The van der Waals surface area contributed by atoms with Crippen LogP contribution in [0.1, 0.15) is 16.7 Å². The number of ether oxygens (including phenoxy) is 3. The predicted molar refractivity (Wildman–Crippen MR) is 109 cm³/mol. The summed E-state index contributed by atoms with van der Waals surface area (Å²) >= 11 is 6.28. The van der Waals surface area contributed by atoms with E-state index in [0.29, 0.717) is 21.8 Å². The van der Waals surface area contributed by atoms with E-state index in [9.17, 15) is 4.79 Å². The molecule has 1 aromatic heterocycles. The van der Waals surface area contributed by atoms with Crippen LogP contribution in [-0.2, 0) is 20.9 Å². The number of aryl methyl sites for hydroxylation is 1. The number of halogens is 1. The molecule has 0 bridgehead atoms. The Morgan fingerprint density at radius 2 is 2.00 bits per heavy atom. The van der Waals surface area contributed by atoms with Crippen LogP contribution in [-0.4, -0.2) is 35.0 Å². The van der Waals surface area contributed by atoms with Crippen LogP contribution >= 0.6 is 11.6 Å². The minimum absolute atomic E-state index is 0.153. The molecule has 3 rings (SSSR count). The Morgan fingerprint density at radius 3 is 2.72 bits per heavy atom. The summed E-state index contributed by atoms with van der Waals surface area (Å²) in [6, 6.07) is 13.1.